The molecule has 1 heterocycles. The Kier molecular flexibility index (Phi) is 5.85. The average Bonchev–Trinajstić information content (AvgIpc) is 3.53. The third-order valence-electron chi connectivity index (χ3n) is 9.85. The minimum Gasteiger partial charge on any atom is -0.135 e. The zero-order valence-electron chi connectivity index (χ0n) is 25.6. The van der Waals surface area contributed by atoms with Gasteiger partial charge in [0.2, 0.25) is 0 Å². The molecule has 9 aromatic carbocycles. The van der Waals surface area contributed by atoms with Crippen LogP contribution in [0.2, 0.25) is 0 Å². The van der Waals surface area contributed by atoms with Crippen LogP contribution in [0.5, 0.6) is 0 Å². The van der Waals surface area contributed by atoms with Crippen molar-refractivity contribution in [2.24, 2.45) is 0 Å². The Morgan fingerprint density at radius 3 is 1.60 bits per heavy atom. The van der Waals surface area contributed by atoms with Gasteiger partial charge in [-0.3, -0.25) is 0 Å². The first-order valence-electron chi connectivity index (χ1n) is 16.2. The summed E-state index contributed by atoms with van der Waals surface area (Å²) in [6.07, 6.45) is 0. The van der Waals surface area contributed by atoms with E-state index < -0.39 is 0 Å². The van der Waals surface area contributed by atoms with Gasteiger partial charge in [0.15, 0.2) is 0 Å². The molecule has 0 saturated carbocycles. The Labute approximate surface area is 276 Å². The first-order chi connectivity index (χ1) is 23.3. The fourth-order valence-electron chi connectivity index (χ4n) is 7.81. The summed E-state index contributed by atoms with van der Waals surface area (Å²) in [5, 5.41) is 12.9. The van der Waals surface area contributed by atoms with E-state index >= 15 is 0 Å². The first kappa shape index (κ1) is 26.5. The van der Waals surface area contributed by atoms with Gasteiger partial charge in [0.05, 0.1) is 0 Å². The van der Waals surface area contributed by atoms with Crippen molar-refractivity contribution in [1.29, 1.82) is 0 Å². The highest BCUT2D eigenvalue weighted by Gasteiger charge is 2.18. The molecule has 47 heavy (non-hydrogen) atoms. The van der Waals surface area contributed by atoms with Crippen molar-refractivity contribution in [3.05, 3.63) is 170 Å². The molecule has 10 rings (SSSR count). The lowest BCUT2D eigenvalue weighted by Crippen LogP contribution is -1.92. The summed E-state index contributed by atoms with van der Waals surface area (Å²) >= 11 is 1.90. The van der Waals surface area contributed by atoms with Crippen LogP contribution in [0.15, 0.2) is 170 Å². The van der Waals surface area contributed by atoms with Gasteiger partial charge in [-0.25, -0.2) is 0 Å². The van der Waals surface area contributed by atoms with Crippen LogP contribution in [0.3, 0.4) is 0 Å². The molecule has 0 aliphatic rings. The summed E-state index contributed by atoms with van der Waals surface area (Å²) in [6.45, 7) is 0. The maximum absolute atomic E-state index is 2.40. The second kappa shape index (κ2) is 10.4. The van der Waals surface area contributed by atoms with Crippen molar-refractivity contribution in [3.63, 3.8) is 0 Å². The van der Waals surface area contributed by atoms with E-state index in [0.29, 0.717) is 0 Å². The zero-order chi connectivity index (χ0) is 30.9. The highest BCUT2D eigenvalue weighted by atomic mass is 32.1. The lowest BCUT2D eigenvalue weighted by atomic mass is 9.84. The molecule has 1 aromatic heterocycles. The van der Waals surface area contributed by atoms with E-state index in [2.05, 4.69) is 170 Å². The lowest BCUT2D eigenvalue weighted by Gasteiger charge is -2.19. The van der Waals surface area contributed by atoms with Gasteiger partial charge >= 0.3 is 0 Å². The second-order valence-corrected chi connectivity index (χ2v) is 13.4. The number of hydrogen-bond acceptors (Lipinski definition) is 1. The Morgan fingerprint density at radius 1 is 0.298 bits per heavy atom. The summed E-state index contributed by atoms with van der Waals surface area (Å²) in [5.41, 5.74) is 7.60. The largest absolute Gasteiger partial charge is 0.135 e. The Bertz CT molecular complexity index is 2790. The number of hydrogen-bond donors (Lipinski definition) is 0. The molecule has 0 bridgehead atoms. The molecule has 10 aromatic rings. The second-order valence-electron chi connectivity index (χ2n) is 12.4. The van der Waals surface area contributed by atoms with Gasteiger partial charge in [0.1, 0.15) is 0 Å². The molecule has 0 fully saturated rings. The number of benzene rings is 9. The molecule has 1 heteroatoms. The molecule has 0 atom stereocenters. The predicted octanol–water partition coefficient (Wildman–Crippen LogP) is 13.7. The van der Waals surface area contributed by atoms with Crippen LogP contribution in [0.1, 0.15) is 0 Å². The molecule has 0 spiro atoms. The Hall–Kier alpha value is -5.76. The van der Waals surface area contributed by atoms with Crippen LogP contribution in [-0.4, -0.2) is 0 Å². The predicted molar refractivity (Wildman–Crippen MR) is 206 cm³/mol. The first-order valence-corrected chi connectivity index (χ1v) is 17.0. The molecule has 0 aliphatic carbocycles. The van der Waals surface area contributed by atoms with Crippen molar-refractivity contribution in [3.8, 4) is 33.4 Å². The standard InChI is InChI=1S/C46H28S/c1-2-16-32-29(12-1)13-10-23-36(32)45-39-20-5-3-18-37(39)44(38-19-4-6-21-40(38)45)31-15-9-14-30(28-31)33-22-11-24-41-34(33)26-27-42-35-17-7-8-25-43(35)47-46(41)42/h1-28H. The lowest BCUT2D eigenvalue weighted by molar-refractivity contribution is 1.64. The van der Waals surface area contributed by atoms with Crippen LogP contribution in [0.4, 0.5) is 0 Å². The van der Waals surface area contributed by atoms with Gasteiger partial charge < -0.3 is 0 Å². The van der Waals surface area contributed by atoms with E-state index in [4.69, 9.17) is 0 Å². The van der Waals surface area contributed by atoms with Gasteiger partial charge in [-0.15, -0.1) is 11.3 Å². The van der Waals surface area contributed by atoms with Crippen molar-refractivity contribution in [1.82, 2.24) is 0 Å². The minimum atomic E-state index is 1.24. The fraction of sp³-hybridized carbons (Fsp3) is 0. The SMILES string of the molecule is c1cc(-c2c3ccccc3c(-c3cccc4ccccc34)c3ccccc23)cc(-c2cccc3c2ccc2c4ccccc4sc32)c1. The summed E-state index contributed by atoms with van der Waals surface area (Å²) in [5.74, 6) is 0. The molecule has 0 radical (unpaired) electrons. The molecule has 0 aliphatic heterocycles. The van der Waals surface area contributed by atoms with Gasteiger partial charge in [-0.2, -0.15) is 0 Å². The number of thiophene rings is 1. The maximum Gasteiger partial charge on any atom is 0.0434 e. The van der Waals surface area contributed by atoms with Crippen LogP contribution in [0.25, 0.3) is 96.6 Å². The van der Waals surface area contributed by atoms with Gasteiger partial charge in [0.25, 0.3) is 0 Å². The Morgan fingerprint density at radius 2 is 0.809 bits per heavy atom. The molecule has 0 saturated heterocycles. The van der Waals surface area contributed by atoms with E-state index in [9.17, 15) is 0 Å². The van der Waals surface area contributed by atoms with E-state index in [1.807, 2.05) is 11.3 Å². The van der Waals surface area contributed by atoms with Crippen LogP contribution < -0.4 is 0 Å². The monoisotopic (exact) mass is 612 g/mol. The van der Waals surface area contributed by atoms with Crippen molar-refractivity contribution in [2.75, 3.05) is 0 Å². The number of fused-ring (bicyclic) bond motifs is 8. The molecule has 0 unspecified atom stereocenters. The number of rotatable bonds is 3. The minimum absolute atomic E-state index is 1.24. The van der Waals surface area contributed by atoms with Crippen molar-refractivity contribution < 1.29 is 0 Å². The maximum atomic E-state index is 2.40. The zero-order valence-corrected chi connectivity index (χ0v) is 26.4. The average molecular weight is 613 g/mol. The molecule has 0 nitrogen and oxygen atoms in total. The third-order valence-corrected chi connectivity index (χ3v) is 11.1. The molecule has 218 valence electrons. The van der Waals surface area contributed by atoms with E-state index in [1.165, 1.54) is 96.6 Å². The molecule has 0 N–H and O–H groups in total. The third kappa shape index (κ3) is 4.00. The Balaban J connectivity index is 1.23. The smallest absolute Gasteiger partial charge is 0.0434 e. The van der Waals surface area contributed by atoms with Gasteiger partial charge in [0, 0.05) is 25.6 Å². The van der Waals surface area contributed by atoms with Crippen LogP contribution in [-0.2, 0) is 0 Å². The van der Waals surface area contributed by atoms with Crippen molar-refractivity contribution in [2.45, 2.75) is 0 Å². The topological polar surface area (TPSA) is 0 Å². The van der Waals surface area contributed by atoms with E-state index in [1.54, 1.807) is 0 Å². The molecular formula is C46H28S. The normalized spacial score (nSPS) is 11.8. The quantitative estimate of drug-likeness (QED) is 0.174. The summed E-state index contributed by atoms with van der Waals surface area (Å²) < 4.78 is 2.70. The van der Waals surface area contributed by atoms with Crippen LogP contribution >= 0.6 is 11.3 Å². The fourth-order valence-corrected chi connectivity index (χ4v) is 9.04. The summed E-state index contributed by atoms with van der Waals surface area (Å²) in [4.78, 5) is 0. The summed E-state index contributed by atoms with van der Waals surface area (Å²) in [6, 6.07) is 62.7. The van der Waals surface area contributed by atoms with Crippen molar-refractivity contribution >= 4 is 74.6 Å². The highest BCUT2D eigenvalue weighted by Crippen LogP contribution is 2.46. The molecule has 0 amide bonds. The van der Waals surface area contributed by atoms with E-state index in [-0.39, 0.29) is 0 Å². The molecular weight excluding hydrogens is 585 g/mol. The van der Waals surface area contributed by atoms with E-state index in [0.717, 1.165) is 0 Å². The van der Waals surface area contributed by atoms with Gasteiger partial charge in [-0.1, -0.05) is 158 Å². The van der Waals surface area contributed by atoms with Crippen LogP contribution in [0, 0.1) is 0 Å². The van der Waals surface area contributed by atoms with Gasteiger partial charge in [-0.05, 0) is 83.2 Å². The summed E-state index contributed by atoms with van der Waals surface area (Å²) in [7, 11) is 0. The highest BCUT2D eigenvalue weighted by molar-refractivity contribution is 7.26.